The molecule has 0 radical (unpaired) electrons. The van der Waals surface area contributed by atoms with Crippen molar-refractivity contribution in [3.63, 3.8) is 0 Å². The fourth-order valence-corrected chi connectivity index (χ4v) is 2.47. The SMILES string of the molecule is CCN(Cc1noc(C)n1)C(=O)c1cccc(Cn2cccn2)c1. The van der Waals surface area contributed by atoms with E-state index in [-0.39, 0.29) is 5.91 Å². The Morgan fingerprint density at radius 1 is 1.33 bits per heavy atom. The molecule has 7 nitrogen and oxygen atoms in total. The van der Waals surface area contributed by atoms with E-state index in [0.29, 0.717) is 36.9 Å². The largest absolute Gasteiger partial charge is 0.340 e. The van der Waals surface area contributed by atoms with Gasteiger partial charge in [-0.15, -0.1) is 0 Å². The van der Waals surface area contributed by atoms with Gasteiger partial charge in [0.15, 0.2) is 5.82 Å². The first-order valence-corrected chi connectivity index (χ1v) is 7.80. The van der Waals surface area contributed by atoms with Crippen LogP contribution in [-0.4, -0.2) is 37.3 Å². The summed E-state index contributed by atoms with van der Waals surface area (Å²) in [4.78, 5) is 18.6. The van der Waals surface area contributed by atoms with E-state index in [0.717, 1.165) is 5.56 Å². The van der Waals surface area contributed by atoms with E-state index in [1.54, 1.807) is 18.0 Å². The standard InChI is InChI=1S/C17H19N5O2/c1-3-21(12-16-19-13(2)24-20-16)17(23)15-7-4-6-14(10-15)11-22-9-5-8-18-22/h4-10H,3,11-12H2,1-2H3. The molecule has 124 valence electrons. The summed E-state index contributed by atoms with van der Waals surface area (Å²) in [6.07, 6.45) is 3.63. The van der Waals surface area contributed by atoms with Crippen LogP contribution in [0.15, 0.2) is 47.2 Å². The van der Waals surface area contributed by atoms with Crippen molar-refractivity contribution in [1.29, 1.82) is 0 Å². The molecule has 0 fully saturated rings. The van der Waals surface area contributed by atoms with Gasteiger partial charge >= 0.3 is 0 Å². The van der Waals surface area contributed by atoms with Gasteiger partial charge in [0.25, 0.3) is 5.91 Å². The van der Waals surface area contributed by atoms with Crippen LogP contribution >= 0.6 is 0 Å². The van der Waals surface area contributed by atoms with Crippen LogP contribution in [0, 0.1) is 6.92 Å². The van der Waals surface area contributed by atoms with Crippen LogP contribution in [0.4, 0.5) is 0 Å². The molecule has 0 saturated heterocycles. The molecule has 1 amide bonds. The maximum absolute atomic E-state index is 12.8. The number of hydrogen-bond acceptors (Lipinski definition) is 5. The highest BCUT2D eigenvalue weighted by Crippen LogP contribution is 2.12. The highest BCUT2D eigenvalue weighted by Gasteiger charge is 2.17. The van der Waals surface area contributed by atoms with Crippen molar-refractivity contribution in [3.05, 3.63) is 65.6 Å². The summed E-state index contributed by atoms with van der Waals surface area (Å²) in [5.41, 5.74) is 1.66. The van der Waals surface area contributed by atoms with Crippen molar-refractivity contribution < 1.29 is 9.32 Å². The van der Waals surface area contributed by atoms with Crippen LogP contribution in [0.5, 0.6) is 0 Å². The molecule has 0 spiro atoms. The third kappa shape index (κ3) is 3.68. The Bertz CT molecular complexity index is 810. The van der Waals surface area contributed by atoms with E-state index < -0.39 is 0 Å². The normalized spacial score (nSPS) is 10.8. The minimum Gasteiger partial charge on any atom is -0.340 e. The topological polar surface area (TPSA) is 77.0 Å². The van der Waals surface area contributed by atoms with E-state index in [2.05, 4.69) is 15.2 Å². The minimum atomic E-state index is -0.0535. The number of rotatable bonds is 6. The summed E-state index contributed by atoms with van der Waals surface area (Å²) in [6, 6.07) is 9.46. The monoisotopic (exact) mass is 325 g/mol. The predicted octanol–water partition coefficient (Wildman–Crippen LogP) is 2.29. The van der Waals surface area contributed by atoms with E-state index in [1.165, 1.54) is 0 Å². The number of hydrogen-bond donors (Lipinski definition) is 0. The van der Waals surface area contributed by atoms with Crippen molar-refractivity contribution in [1.82, 2.24) is 24.8 Å². The molecule has 2 aromatic heterocycles. The second kappa shape index (κ2) is 7.08. The fourth-order valence-electron chi connectivity index (χ4n) is 2.47. The van der Waals surface area contributed by atoms with Gasteiger partial charge in [0.2, 0.25) is 5.89 Å². The number of aromatic nitrogens is 4. The lowest BCUT2D eigenvalue weighted by Gasteiger charge is -2.19. The molecule has 0 unspecified atom stereocenters. The molecule has 3 rings (SSSR count). The maximum atomic E-state index is 12.8. The lowest BCUT2D eigenvalue weighted by molar-refractivity contribution is 0.0747. The van der Waals surface area contributed by atoms with Gasteiger partial charge in [0.05, 0.1) is 13.1 Å². The molecule has 2 heterocycles. The van der Waals surface area contributed by atoms with Crippen LogP contribution in [0.25, 0.3) is 0 Å². The molecule has 0 N–H and O–H groups in total. The van der Waals surface area contributed by atoms with Gasteiger partial charge in [-0.25, -0.2) is 0 Å². The molecule has 0 aliphatic rings. The molecule has 0 aliphatic carbocycles. The first-order valence-electron chi connectivity index (χ1n) is 7.80. The van der Waals surface area contributed by atoms with Gasteiger partial charge in [-0.3, -0.25) is 9.48 Å². The maximum Gasteiger partial charge on any atom is 0.254 e. The molecule has 1 aromatic carbocycles. The Morgan fingerprint density at radius 2 is 2.21 bits per heavy atom. The molecule has 0 atom stereocenters. The number of benzene rings is 1. The van der Waals surface area contributed by atoms with Crippen molar-refractivity contribution in [3.8, 4) is 0 Å². The van der Waals surface area contributed by atoms with Crippen LogP contribution in [0.2, 0.25) is 0 Å². The van der Waals surface area contributed by atoms with E-state index in [9.17, 15) is 4.79 Å². The molecular formula is C17H19N5O2. The Balaban J connectivity index is 1.75. The van der Waals surface area contributed by atoms with Gasteiger partial charge in [0.1, 0.15) is 0 Å². The van der Waals surface area contributed by atoms with E-state index in [4.69, 9.17) is 4.52 Å². The zero-order chi connectivity index (χ0) is 16.9. The second-order valence-electron chi connectivity index (χ2n) is 5.45. The number of carbonyl (C=O) groups excluding carboxylic acids is 1. The average Bonchev–Trinajstić information content (AvgIpc) is 3.24. The van der Waals surface area contributed by atoms with Gasteiger partial charge in [-0.05, 0) is 30.7 Å². The van der Waals surface area contributed by atoms with E-state index in [1.807, 2.05) is 48.1 Å². The van der Waals surface area contributed by atoms with Gasteiger partial charge in [0, 0.05) is 31.4 Å². The van der Waals surface area contributed by atoms with Gasteiger partial charge in [-0.2, -0.15) is 10.1 Å². The van der Waals surface area contributed by atoms with Crippen LogP contribution in [-0.2, 0) is 13.1 Å². The fraction of sp³-hybridized carbons (Fsp3) is 0.294. The number of carbonyl (C=O) groups is 1. The number of aryl methyl sites for hydroxylation is 1. The predicted molar refractivity (Wildman–Crippen MR) is 87.2 cm³/mol. The summed E-state index contributed by atoms with van der Waals surface area (Å²) in [6.45, 7) is 5.18. The lowest BCUT2D eigenvalue weighted by atomic mass is 10.1. The van der Waals surface area contributed by atoms with Crippen LogP contribution in [0.1, 0.15) is 34.6 Å². The van der Waals surface area contributed by atoms with Crippen molar-refractivity contribution in [2.24, 2.45) is 0 Å². The minimum absolute atomic E-state index is 0.0535. The summed E-state index contributed by atoms with van der Waals surface area (Å²) in [7, 11) is 0. The molecule has 0 aliphatic heterocycles. The molecular weight excluding hydrogens is 306 g/mol. The smallest absolute Gasteiger partial charge is 0.254 e. The van der Waals surface area contributed by atoms with Crippen molar-refractivity contribution in [2.45, 2.75) is 26.9 Å². The quantitative estimate of drug-likeness (QED) is 0.695. The second-order valence-corrected chi connectivity index (χ2v) is 5.45. The van der Waals surface area contributed by atoms with E-state index >= 15 is 0 Å². The summed E-state index contributed by atoms with van der Waals surface area (Å²) < 4.78 is 6.79. The highest BCUT2D eigenvalue weighted by molar-refractivity contribution is 5.94. The number of amides is 1. The first kappa shape index (κ1) is 15.9. The Hall–Kier alpha value is -2.96. The molecule has 7 heteroatoms. The molecule has 0 bridgehead atoms. The van der Waals surface area contributed by atoms with Crippen molar-refractivity contribution >= 4 is 5.91 Å². The third-order valence-electron chi connectivity index (χ3n) is 3.65. The average molecular weight is 325 g/mol. The lowest BCUT2D eigenvalue weighted by Crippen LogP contribution is -2.30. The molecule has 24 heavy (non-hydrogen) atoms. The first-order chi connectivity index (χ1) is 11.7. The summed E-state index contributed by atoms with van der Waals surface area (Å²) >= 11 is 0. The zero-order valence-electron chi connectivity index (χ0n) is 13.7. The summed E-state index contributed by atoms with van der Waals surface area (Å²) in [5, 5.41) is 8.05. The zero-order valence-corrected chi connectivity index (χ0v) is 13.7. The summed E-state index contributed by atoms with van der Waals surface area (Å²) in [5.74, 6) is 0.951. The number of nitrogens with zero attached hydrogens (tertiary/aromatic N) is 5. The Morgan fingerprint density at radius 3 is 2.88 bits per heavy atom. The van der Waals surface area contributed by atoms with Gasteiger partial charge < -0.3 is 9.42 Å². The Labute approximate surface area is 139 Å². The molecule has 3 aromatic rings. The van der Waals surface area contributed by atoms with Crippen molar-refractivity contribution in [2.75, 3.05) is 6.54 Å². The van der Waals surface area contributed by atoms with Gasteiger partial charge in [-0.1, -0.05) is 17.3 Å². The third-order valence-corrected chi connectivity index (χ3v) is 3.65. The highest BCUT2D eigenvalue weighted by atomic mass is 16.5. The molecule has 0 saturated carbocycles. The van der Waals surface area contributed by atoms with Crippen LogP contribution in [0.3, 0.4) is 0 Å². The van der Waals surface area contributed by atoms with Crippen LogP contribution < -0.4 is 0 Å². The Kier molecular flexibility index (Phi) is 4.69.